The van der Waals surface area contributed by atoms with Crippen molar-refractivity contribution in [1.82, 2.24) is 4.57 Å². The standard InChI is InChI=1S/C54H45BN2O2/c1-52(2,3)30-16-18-31(19-17-30)57-44-27-41-40(53(4,5)22-23-54(41,6)7)25-37(44)34-20-21-35-36-24-38-32-12-8-10-14-46(32)58-48(38)28-43(36)56-45-29-49-39(33-13-9-11-15-47(33)59-49)26-42(45)55(57)50(34)51(35)56/h8-21,24-29H,22-23H2,1-7H3. The summed E-state index contributed by atoms with van der Waals surface area (Å²) < 4.78 is 15.8. The summed E-state index contributed by atoms with van der Waals surface area (Å²) in [7, 11) is 0. The summed E-state index contributed by atoms with van der Waals surface area (Å²) in [4.78, 5) is 2.69. The molecule has 10 aromatic rings. The van der Waals surface area contributed by atoms with Crippen LogP contribution in [0, 0.1) is 0 Å². The smallest absolute Gasteiger partial charge is 0.333 e. The Kier molecular flexibility index (Phi) is 6.23. The molecule has 59 heavy (non-hydrogen) atoms. The maximum absolute atomic E-state index is 6.68. The van der Waals surface area contributed by atoms with Gasteiger partial charge in [0, 0.05) is 67.1 Å². The number of rotatable bonds is 1. The zero-order chi connectivity index (χ0) is 39.9. The van der Waals surface area contributed by atoms with Crippen molar-refractivity contribution in [2.75, 3.05) is 4.81 Å². The maximum Gasteiger partial charge on any atom is 0.333 e. The minimum Gasteiger partial charge on any atom is -0.456 e. The lowest BCUT2D eigenvalue weighted by molar-refractivity contribution is 0.332. The van der Waals surface area contributed by atoms with Crippen molar-refractivity contribution in [3.05, 3.63) is 138 Å². The van der Waals surface area contributed by atoms with Gasteiger partial charge in [0.25, 0.3) is 0 Å². The van der Waals surface area contributed by atoms with Crippen molar-refractivity contribution < 1.29 is 8.83 Å². The monoisotopic (exact) mass is 764 g/mol. The molecule has 3 aromatic heterocycles. The molecule has 0 amide bonds. The van der Waals surface area contributed by atoms with E-state index in [0.717, 1.165) is 55.1 Å². The quantitative estimate of drug-likeness (QED) is 0.156. The summed E-state index contributed by atoms with van der Waals surface area (Å²) in [6, 6.07) is 45.8. The normalized spacial score (nSPS) is 16.5. The molecular weight excluding hydrogens is 719 g/mol. The van der Waals surface area contributed by atoms with E-state index in [9.17, 15) is 0 Å². The fourth-order valence-corrected chi connectivity index (χ4v) is 11.3. The molecule has 3 aliphatic rings. The fraction of sp³-hybridized carbons (Fsp3) is 0.222. The molecule has 0 spiro atoms. The van der Waals surface area contributed by atoms with Crippen LogP contribution < -0.4 is 15.7 Å². The fourth-order valence-electron chi connectivity index (χ4n) is 11.3. The highest BCUT2D eigenvalue weighted by Gasteiger charge is 2.46. The number of aromatic nitrogens is 1. The number of benzene rings is 7. The lowest BCUT2D eigenvalue weighted by Gasteiger charge is -2.46. The van der Waals surface area contributed by atoms with Gasteiger partial charge in [-0.3, -0.25) is 0 Å². The molecule has 0 bridgehead atoms. The van der Waals surface area contributed by atoms with Crippen LogP contribution in [0.4, 0.5) is 11.4 Å². The van der Waals surface area contributed by atoms with Crippen LogP contribution in [0.1, 0.15) is 78.0 Å². The molecule has 0 fully saturated rings. The van der Waals surface area contributed by atoms with E-state index in [1.165, 1.54) is 79.2 Å². The predicted octanol–water partition coefficient (Wildman–Crippen LogP) is 13.5. The highest BCUT2D eigenvalue weighted by molar-refractivity contribution is 6.94. The van der Waals surface area contributed by atoms with Crippen LogP contribution in [0.3, 0.4) is 0 Å². The predicted molar refractivity (Wildman–Crippen MR) is 248 cm³/mol. The molecular formula is C54H45BN2O2. The van der Waals surface area contributed by atoms with Crippen LogP contribution in [-0.2, 0) is 16.2 Å². The van der Waals surface area contributed by atoms with Crippen LogP contribution in [0.25, 0.3) is 82.5 Å². The Bertz CT molecular complexity index is 3500. The number of para-hydroxylation sites is 2. The Balaban J connectivity index is 1.21. The number of furan rings is 2. The highest BCUT2D eigenvalue weighted by Crippen LogP contribution is 2.53. The van der Waals surface area contributed by atoms with Crippen LogP contribution in [0.5, 0.6) is 0 Å². The molecule has 5 heteroatoms. The van der Waals surface area contributed by atoms with Crippen molar-refractivity contribution >= 4 is 94.8 Å². The first kappa shape index (κ1) is 33.7. The molecule has 0 radical (unpaired) electrons. The number of fused-ring (bicyclic) bond motifs is 15. The number of nitrogens with zero attached hydrogens (tertiary/aromatic N) is 2. The number of hydrogen-bond donors (Lipinski definition) is 0. The molecule has 1 aliphatic carbocycles. The largest absolute Gasteiger partial charge is 0.456 e. The molecule has 4 nitrogen and oxygen atoms in total. The third-order valence-corrected chi connectivity index (χ3v) is 14.6. The first-order valence-corrected chi connectivity index (χ1v) is 21.3. The molecule has 5 heterocycles. The van der Waals surface area contributed by atoms with Gasteiger partial charge >= 0.3 is 6.85 Å². The van der Waals surface area contributed by atoms with Crippen molar-refractivity contribution in [1.29, 1.82) is 0 Å². The van der Waals surface area contributed by atoms with Gasteiger partial charge in [-0.2, -0.15) is 0 Å². The van der Waals surface area contributed by atoms with E-state index >= 15 is 0 Å². The molecule has 286 valence electrons. The van der Waals surface area contributed by atoms with Crippen molar-refractivity contribution in [2.24, 2.45) is 0 Å². The third-order valence-electron chi connectivity index (χ3n) is 14.6. The van der Waals surface area contributed by atoms with Crippen molar-refractivity contribution in [3.8, 4) is 16.8 Å². The summed E-state index contributed by atoms with van der Waals surface area (Å²) in [5.74, 6) is 0. The summed E-state index contributed by atoms with van der Waals surface area (Å²) in [6.45, 7) is 16.6. The SMILES string of the molecule is CC(C)(C)c1ccc(N2B3c4cc5c(cc4-n4c6cc7oc8ccccc8c7cc6c6ccc(c3c64)-c3cc4c(cc32)C(C)(C)CCC4(C)C)oc2ccccc25)cc1. The van der Waals surface area contributed by atoms with E-state index in [1.807, 2.05) is 0 Å². The molecule has 0 unspecified atom stereocenters. The lowest BCUT2D eigenvalue weighted by atomic mass is 9.43. The van der Waals surface area contributed by atoms with E-state index < -0.39 is 0 Å². The highest BCUT2D eigenvalue weighted by atomic mass is 16.3. The Morgan fingerprint density at radius 3 is 1.85 bits per heavy atom. The van der Waals surface area contributed by atoms with Gasteiger partial charge in [-0.15, -0.1) is 0 Å². The van der Waals surface area contributed by atoms with E-state index in [-0.39, 0.29) is 23.1 Å². The zero-order valence-corrected chi connectivity index (χ0v) is 34.7. The second kappa shape index (κ2) is 10.9. The van der Waals surface area contributed by atoms with Crippen molar-refractivity contribution in [3.63, 3.8) is 0 Å². The summed E-state index contributed by atoms with van der Waals surface area (Å²) in [6.07, 6.45) is 2.34. The van der Waals surface area contributed by atoms with Crippen LogP contribution in [-0.4, -0.2) is 11.4 Å². The van der Waals surface area contributed by atoms with Gasteiger partial charge in [0.2, 0.25) is 0 Å². The topological polar surface area (TPSA) is 34.5 Å². The molecule has 13 rings (SSSR count). The summed E-state index contributed by atoms with van der Waals surface area (Å²) >= 11 is 0. The average Bonchev–Trinajstić information content (AvgIpc) is 3.88. The Hall–Kier alpha value is -6.20. The van der Waals surface area contributed by atoms with E-state index in [1.54, 1.807) is 0 Å². The Morgan fingerprint density at radius 1 is 0.542 bits per heavy atom. The van der Waals surface area contributed by atoms with Gasteiger partial charge in [-0.25, -0.2) is 0 Å². The zero-order valence-electron chi connectivity index (χ0n) is 34.7. The van der Waals surface area contributed by atoms with Gasteiger partial charge in [-0.1, -0.05) is 115 Å². The van der Waals surface area contributed by atoms with E-state index in [0.29, 0.717) is 0 Å². The molecule has 0 saturated carbocycles. The summed E-state index contributed by atoms with van der Waals surface area (Å²) in [5, 5.41) is 7.09. The molecule has 0 N–H and O–H groups in total. The number of anilines is 2. The Morgan fingerprint density at radius 2 is 1.17 bits per heavy atom. The van der Waals surface area contributed by atoms with Gasteiger partial charge in [0.15, 0.2) is 0 Å². The first-order valence-electron chi connectivity index (χ1n) is 21.3. The third kappa shape index (κ3) is 4.35. The molecule has 0 atom stereocenters. The van der Waals surface area contributed by atoms with E-state index in [4.69, 9.17) is 8.83 Å². The lowest BCUT2D eigenvalue weighted by Crippen LogP contribution is -2.60. The number of hydrogen-bond acceptors (Lipinski definition) is 3. The van der Waals surface area contributed by atoms with Crippen molar-refractivity contribution in [2.45, 2.75) is 77.6 Å². The van der Waals surface area contributed by atoms with Crippen LogP contribution >= 0.6 is 0 Å². The second-order valence-corrected chi connectivity index (χ2v) is 20.0. The minimum absolute atomic E-state index is 0.0443. The summed E-state index contributed by atoms with van der Waals surface area (Å²) in [5.41, 5.74) is 19.4. The second-order valence-electron chi connectivity index (χ2n) is 20.0. The van der Waals surface area contributed by atoms with Gasteiger partial charge in [-0.05, 0) is 105 Å². The van der Waals surface area contributed by atoms with Gasteiger partial charge < -0.3 is 18.2 Å². The van der Waals surface area contributed by atoms with Gasteiger partial charge in [0.1, 0.15) is 22.3 Å². The molecule has 2 aliphatic heterocycles. The van der Waals surface area contributed by atoms with Crippen LogP contribution in [0.15, 0.2) is 130 Å². The van der Waals surface area contributed by atoms with E-state index in [2.05, 4.69) is 179 Å². The molecule has 7 aromatic carbocycles. The molecule has 0 saturated heterocycles. The Labute approximate surface area is 344 Å². The maximum atomic E-state index is 6.68. The van der Waals surface area contributed by atoms with Gasteiger partial charge in [0.05, 0.1) is 11.0 Å². The minimum atomic E-state index is -0.0897. The average molecular weight is 765 g/mol. The van der Waals surface area contributed by atoms with Crippen LogP contribution in [0.2, 0.25) is 0 Å². The first-order chi connectivity index (χ1) is 28.4.